The number of nitrogens with one attached hydrogen (secondary N) is 4. The lowest BCUT2D eigenvalue weighted by Crippen LogP contribution is -3.41. The Balaban J connectivity index is 1.84. The van der Waals surface area contributed by atoms with Crippen LogP contribution in [0, 0.1) is 17.8 Å². The molecular formula is C15H22N4O3+2. The van der Waals surface area contributed by atoms with Gasteiger partial charge in [0.05, 0.1) is 0 Å². The molecule has 0 unspecified atom stereocenters. The first-order valence-corrected chi connectivity index (χ1v) is 7.81. The Morgan fingerprint density at radius 1 is 0.955 bits per heavy atom. The van der Waals surface area contributed by atoms with Crippen LogP contribution in [0.5, 0.6) is 0 Å². The van der Waals surface area contributed by atoms with Gasteiger partial charge in [-0.15, -0.1) is 0 Å². The van der Waals surface area contributed by atoms with E-state index in [4.69, 9.17) is 0 Å². The molecule has 0 radical (unpaired) electrons. The fourth-order valence-corrected chi connectivity index (χ4v) is 5.26. The first kappa shape index (κ1) is 13.9. The van der Waals surface area contributed by atoms with E-state index < -0.39 is 5.69 Å². The highest BCUT2D eigenvalue weighted by atomic mass is 16.2. The smallest absolute Gasteiger partial charge is 0.300 e. The molecule has 4 bridgehead atoms. The number of aromatic amines is 2. The average molecular weight is 306 g/mol. The summed E-state index contributed by atoms with van der Waals surface area (Å²) in [6.45, 7) is 9.01. The normalized spacial score (nSPS) is 42.9. The summed E-state index contributed by atoms with van der Waals surface area (Å²) >= 11 is 0. The minimum atomic E-state index is -0.450. The van der Waals surface area contributed by atoms with Gasteiger partial charge in [-0.1, -0.05) is 0 Å². The average Bonchev–Trinajstić information content (AvgIpc) is 2.39. The van der Waals surface area contributed by atoms with Crippen LogP contribution in [0.25, 0.3) is 0 Å². The molecule has 1 aromatic rings. The SMILES string of the molecule is Cc1c(C2[NH+]3CC4(C)C[NH+]2CC(C)(C3)C4=O)[nH]c(=O)[nH]c1=O. The topological polar surface area (TPSA) is 91.7 Å². The zero-order valence-electron chi connectivity index (χ0n) is 13.1. The maximum atomic E-state index is 12.7. The van der Waals surface area contributed by atoms with Crippen molar-refractivity contribution in [1.29, 1.82) is 0 Å². The van der Waals surface area contributed by atoms with Crippen LogP contribution in [-0.2, 0) is 4.79 Å². The molecule has 4 fully saturated rings. The third-order valence-electron chi connectivity index (χ3n) is 5.89. The predicted molar refractivity (Wildman–Crippen MR) is 77.8 cm³/mol. The number of hydrogen-bond acceptors (Lipinski definition) is 3. The minimum absolute atomic E-state index is 0.0456. The van der Waals surface area contributed by atoms with E-state index in [0.29, 0.717) is 11.3 Å². The molecule has 5 rings (SSSR count). The number of carbonyl (C=O) groups is 1. The molecule has 0 aromatic carbocycles. The Morgan fingerprint density at radius 2 is 1.45 bits per heavy atom. The van der Waals surface area contributed by atoms with Crippen LogP contribution in [0.1, 0.15) is 31.3 Å². The summed E-state index contributed by atoms with van der Waals surface area (Å²) in [6, 6.07) is 0. The summed E-state index contributed by atoms with van der Waals surface area (Å²) in [7, 11) is 0. The van der Waals surface area contributed by atoms with Crippen LogP contribution in [-0.4, -0.2) is 41.9 Å². The van der Waals surface area contributed by atoms with Crippen LogP contribution in [0.2, 0.25) is 0 Å². The maximum Gasteiger partial charge on any atom is 0.326 e. The zero-order chi connectivity index (χ0) is 15.9. The molecule has 0 spiro atoms. The quantitative estimate of drug-likeness (QED) is 0.439. The minimum Gasteiger partial charge on any atom is -0.300 e. The van der Waals surface area contributed by atoms with E-state index in [1.54, 1.807) is 6.92 Å². The van der Waals surface area contributed by atoms with Gasteiger partial charge in [-0.3, -0.25) is 24.4 Å². The third-order valence-corrected chi connectivity index (χ3v) is 5.89. The standard InChI is InChI=1S/C15H20N4O3/c1-8-9(16-13(22)17-10(8)20)11-18-4-14(2)5-19(11)7-15(3,6-18)12(14)21/h11H,4-7H2,1-3H3,(H2,16,17,20,22)/p+2. The molecule has 22 heavy (non-hydrogen) atoms. The van der Waals surface area contributed by atoms with Crippen LogP contribution >= 0.6 is 0 Å². The zero-order valence-corrected chi connectivity index (χ0v) is 13.1. The van der Waals surface area contributed by atoms with Crippen molar-refractivity contribution in [2.75, 3.05) is 26.2 Å². The van der Waals surface area contributed by atoms with Gasteiger partial charge >= 0.3 is 5.69 Å². The number of hydrogen-bond donors (Lipinski definition) is 4. The molecule has 1 aromatic heterocycles. The summed E-state index contributed by atoms with van der Waals surface area (Å²) in [5.74, 6) is 0.391. The lowest BCUT2D eigenvalue weighted by atomic mass is 9.62. The van der Waals surface area contributed by atoms with E-state index in [9.17, 15) is 14.4 Å². The summed E-state index contributed by atoms with van der Waals surface area (Å²) in [5.41, 5.74) is -0.00356. The number of ketones is 1. The Bertz CT molecular complexity index is 753. The number of aromatic nitrogens is 2. The first-order chi connectivity index (χ1) is 10.2. The number of rotatable bonds is 1. The maximum absolute atomic E-state index is 12.7. The van der Waals surface area contributed by atoms with Gasteiger partial charge in [0.25, 0.3) is 11.7 Å². The molecule has 4 aliphatic heterocycles. The molecule has 4 saturated heterocycles. The molecule has 7 nitrogen and oxygen atoms in total. The molecule has 4 aliphatic rings. The van der Waals surface area contributed by atoms with E-state index in [1.165, 1.54) is 9.80 Å². The summed E-state index contributed by atoms with van der Waals surface area (Å²) in [5, 5.41) is 0. The van der Waals surface area contributed by atoms with Crippen LogP contribution in [0.4, 0.5) is 0 Å². The largest absolute Gasteiger partial charge is 0.326 e. The van der Waals surface area contributed by atoms with E-state index in [2.05, 4.69) is 23.8 Å². The Morgan fingerprint density at radius 3 is 1.95 bits per heavy atom. The van der Waals surface area contributed by atoms with Crippen molar-refractivity contribution in [3.63, 3.8) is 0 Å². The fourth-order valence-electron chi connectivity index (χ4n) is 5.26. The van der Waals surface area contributed by atoms with E-state index in [0.717, 1.165) is 31.9 Å². The van der Waals surface area contributed by atoms with Gasteiger partial charge in [0.2, 0.25) is 0 Å². The van der Waals surface area contributed by atoms with Crippen molar-refractivity contribution in [1.82, 2.24) is 9.97 Å². The van der Waals surface area contributed by atoms with Gasteiger partial charge in [-0.25, -0.2) is 4.79 Å². The summed E-state index contributed by atoms with van der Waals surface area (Å²) in [4.78, 5) is 44.1. The van der Waals surface area contributed by atoms with Crippen LogP contribution in [0.3, 0.4) is 0 Å². The Kier molecular flexibility index (Phi) is 2.51. The van der Waals surface area contributed by atoms with Crippen molar-refractivity contribution in [3.8, 4) is 0 Å². The van der Waals surface area contributed by atoms with E-state index >= 15 is 0 Å². The Hall–Kier alpha value is -1.73. The van der Waals surface area contributed by atoms with Crippen molar-refractivity contribution in [2.24, 2.45) is 10.8 Å². The van der Waals surface area contributed by atoms with Gasteiger partial charge in [0.1, 0.15) is 42.7 Å². The number of quaternary nitrogens is 2. The molecule has 0 saturated carbocycles. The fraction of sp³-hybridized carbons (Fsp3) is 0.667. The van der Waals surface area contributed by atoms with Crippen molar-refractivity contribution < 1.29 is 14.6 Å². The molecule has 0 aliphatic carbocycles. The van der Waals surface area contributed by atoms with Gasteiger partial charge in [-0.2, -0.15) is 0 Å². The number of piperidine rings is 2. The molecule has 0 amide bonds. The highest BCUT2D eigenvalue weighted by Crippen LogP contribution is 2.35. The van der Waals surface area contributed by atoms with E-state index in [-0.39, 0.29) is 22.6 Å². The van der Waals surface area contributed by atoms with Crippen LogP contribution < -0.4 is 21.0 Å². The summed E-state index contributed by atoms with van der Waals surface area (Å²) < 4.78 is 0. The molecule has 0 atom stereocenters. The molecule has 7 heteroatoms. The first-order valence-electron chi connectivity index (χ1n) is 7.81. The van der Waals surface area contributed by atoms with Gasteiger partial charge in [-0.05, 0) is 20.8 Å². The second-order valence-corrected chi connectivity index (χ2v) is 7.85. The van der Waals surface area contributed by atoms with Gasteiger partial charge in [0, 0.05) is 5.56 Å². The second-order valence-electron chi connectivity index (χ2n) is 7.85. The monoisotopic (exact) mass is 306 g/mol. The third kappa shape index (κ3) is 1.60. The van der Waals surface area contributed by atoms with Crippen LogP contribution in [0.15, 0.2) is 9.59 Å². The van der Waals surface area contributed by atoms with E-state index in [1.807, 2.05) is 0 Å². The number of Topliss-reactive ketones (excluding diaryl/α,β-unsaturated/α-hetero) is 1. The lowest BCUT2D eigenvalue weighted by molar-refractivity contribution is -1.18. The van der Waals surface area contributed by atoms with Crippen molar-refractivity contribution in [3.05, 3.63) is 32.1 Å². The van der Waals surface area contributed by atoms with Crippen molar-refractivity contribution >= 4 is 5.78 Å². The lowest BCUT2D eigenvalue weighted by Gasteiger charge is -2.58. The highest BCUT2D eigenvalue weighted by molar-refractivity contribution is 5.91. The summed E-state index contributed by atoms with van der Waals surface area (Å²) in [6.07, 6.45) is 0.0456. The number of carbonyl (C=O) groups excluding carboxylic acids is 1. The van der Waals surface area contributed by atoms with Gasteiger partial charge < -0.3 is 4.98 Å². The van der Waals surface area contributed by atoms with Gasteiger partial charge in [0.15, 0.2) is 5.78 Å². The molecule has 4 N–H and O–H groups in total. The second kappa shape index (κ2) is 3.97. The number of H-pyrrole nitrogens is 2. The highest BCUT2D eigenvalue weighted by Gasteiger charge is 2.68. The molecule has 5 heterocycles. The predicted octanol–water partition coefficient (Wildman–Crippen LogP) is -3.24. The van der Waals surface area contributed by atoms with Crippen molar-refractivity contribution in [2.45, 2.75) is 26.9 Å². The molecular weight excluding hydrogens is 284 g/mol. The Labute approximate surface area is 127 Å². The molecule has 118 valence electrons.